The molecule has 0 atom stereocenters. The Morgan fingerprint density at radius 3 is 2.22 bits per heavy atom. The van der Waals surface area contributed by atoms with Gasteiger partial charge in [-0.15, -0.1) is 0 Å². The molecule has 0 unspecified atom stereocenters. The summed E-state index contributed by atoms with van der Waals surface area (Å²) in [6.07, 6.45) is -2.65. The van der Waals surface area contributed by atoms with E-state index in [0.717, 1.165) is 29.0 Å². The standard InChI is InChI=1S/C13H9BrF3N/c14-8-12-7-10(5-6-18-12)9-1-3-11(4-2-9)13(15,16)17/h1-7H,8H2. The van der Waals surface area contributed by atoms with E-state index in [2.05, 4.69) is 20.9 Å². The molecule has 1 nitrogen and oxygen atoms in total. The molecular formula is C13H9BrF3N. The Kier molecular flexibility index (Phi) is 3.71. The molecule has 0 spiro atoms. The van der Waals surface area contributed by atoms with Crippen LogP contribution in [0, 0.1) is 0 Å². The highest BCUT2D eigenvalue weighted by Gasteiger charge is 2.29. The molecule has 1 aromatic heterocycles. The number of rotatable bonds is 2. The first-order valence-electron chi connectivity index (χ1n) is 5.19. The van der Waals surface area contributed by atoms with E-state index in [-0.39, 0.29) is 0 Å². The Bertz CT molecular complexity index is 535. The second-order valence-corrected chi connectivity index (χ2v) is 4.31. The molecule has 0 aliphatic carbocycles. The van der Waals surface area contributed by atoms with E-state index in [4.69, 9.17) is 0 Å². The van der Waals surface area contributed by atoms with E-state index < -0.39 is 11.7 Å². The normalized spacial score (nSPS) is 11.6. The zero-order valence-corrected chi connectivity index (χ0v) is 10.8. The van der Waals surface area contributed by atoms with Crippen LogP contribution in [0.25, 0.3) is 11.1 Å². The quantitative estimate of drug-likeness (QED) is 0.734. The van der Waals surface area contributed by atoms with Gasteiger partial charge in [0.15, 0.2) is 0 Å². The van der Waals surface area contributed by atoms with Crippen molar-refractivity contribution < 1.29 is 13.2 Å². The summed E-state index contributed by atoms with van der Waals surface area (Å²) in [6, 6.07) is 8.73. The summed E-state index contributed by atoms with van der Waals surface area (Å²) in [5.74, 6) is 0. The van der Waals surface area contributed by atoms with Crippen molar-refractivity contribution >= 4 is 15.9 Å². The largest absolute Gasteiger partial charge is 0.416 e. The molecule has 2 aromatic rings. The number of hydrogen-bond acceptors (Lipinski definition) is 1. The van der Waals surface area contributed by atoms with E-state index in [1.54, 1.807) is 12.3 Å². The van der Waals surface area contributed by atoms with Gasteiger partial charge in [0.25, 0.3) is 0 Å². The van der Waals surface area contributed by atoms with Gasteiger partial charge in [0.05, 0.1) is 11.3 Å². The summed E-state index contributed by atoms with van der Waals surface area (Å²) in [5.41, 5.74) is 1.80. The summed E-state index contributed by atoms with van der Waals surface area (Å²) >= 11 is 3.29. The van der Waals surface area contributed by atoms with Crippen LogP contribution in [0.5, 0.6) is 0 Å². The van der Waals surface area contributed by atoms with Gasteiger partial charge in [0.1, 0.15) is 0 Å². The van der Waals surface area contributed by atoms with Crippen molar-refractivity contribution in [1.82, 2.24) is 4.98 Å². The molecule has 5 heteroatoms. The second kappa shape index (κ2) is 5.10. The first-order valence-corrected chi connectivity index (χ1v) is 6.31. The Labute approximate surface area is 111 Å². The first kappa shape index (κ1) is 13.1. The zero-order chi connectivity index (χ0) is 13.2. The highest BCUT2D eigenvalue weighted by Crippen LogP contribution is 2.31. The maximum atomic E-state index is 12.4. The molecule has 2 rings (SSSR count). The maximum absolute atomic E-state index is 12.4. The molecule has 1 aromatic carbocycles. The van der Waals surface area contributed by atoms with Crippen molar-refractivity contribution in [2.24, 2.45) is 0 Å². The topological polar surface area (TPSA) is 12.9 Å². The van der Waals surface area contributed by atoms with Gasteiger partial charge in [0, 0.05) is 11.5 Å². The lowest BCUT2D eigenvalue weighted by atomic mass is 10.0. The highest BCUT2D eigenvalue weighted by molar-refractivity contribution is 9.08. The number of pyridine rings is 1. The lowest BCUT2D eigenvalue weighted by molar-refractivity contribution is -0.137. The van der Waals surface area contributed by atoms with E-state index >= 15 is 0 Å². The number of alkyl halides is 4. The Morgan fingerprint density at radius 2 is 1.67 bits per heavy atom. The van der Waals surface area contributed by atoms with Crippen molar-refractivity contribution in [3.05, 3.63) is 53.9 Å². The van der Waals surface area contributed by atoms with Crippen LogP contribution < -0.4 is 0 Å². The van der Waals surface area contributed by atoms with Crippen molar-refractivity contribution in [3.8, 4) is 11.1 Å². The third-order valence-electron chi connectivity index (χ3n) is 2.50. The van der Waals surface area contributed by atoms with Gasteiger partial charge in [0.2, 0.25) is 0 Å². The van der Waals surface area contributed by atoms with E-state index in [9.17, 15) is 13.2 Å². The fourth-order valence-electron chi connectivity index (χ4n) is 1.58. The summed E-state index contributed by atoms with van der Waals surface area (Å²) in [4.78, 5) is 4.11. The lowest BCUT2D eigenvalue weighted by Gasteiger charge is -2.08. The van der Waals surface area contributed by atoms with Crippen LogP contribution in [0.3, 0.4) is 0 Å². The van der Waals surface area contributed by atoms with Gasteiger partial charge in [-0.3, -0.25) is 4.98 Å². The predicted octanol–water partition coefficient (Wildman–Crippen LogP) is 4.66. The molecule has 0 saturated carbocycles. The molecule has 0 bridgehead atoms. The van der Waals surface area contributed by atoms with Gasteiger partial charge in [-0.2, -0.15) is 13.2 Å². The third-order valence-corrected chi connectivity index (χ3v) is 3.07. The summed E-state index contributed by atoms with van der Waals surface area (Å²) in [5, 5.41) is 0.613. The molecule has 0 N–H and O–H groups in total. The van der Waals surface area contributed by atoms with Gasteiger partial charge in [-0.1, -0.05) is 28.1 Å². The highest BCUT2D eigenvalue weighted by atomic mass is 79.9. The first-order chi connectivity index (χ1) is 8.50. The summed E-state index contributed by atoms with van der Waals surface area (Å²) < 4.78 is 37.3. The van der Waals surface area contributed by atoms with E-state index in [1.807, 2.05) is 6.07 Å². The number of halogens is 4. The minimum Gasteiger partial charge on any atom is -0.260 e. The fourth-order valence-corrected chi connectivity index (χ4v) is 1.89. The SMILES string of the molecule is FC(F)(F)c1ccc(-c2ccnc(CBr)c2)cc1. The van der Waals surface area contributed by atoms with Crippen molar-refractivity contribution in [1.29, 1.82) is 0 Å². The molecule has 0 aliphatic heterocycles. The minimum absolute atomic E-state index is 0.613. The van der Waals surface area contributed by atoms with Crippen LogP contribution in [-0.2, 0) is 11.5 Å². The van der Waals surface area contributed by atoms with Crippen LogP contribution in [-0.4, -0.2) is 4.98 Å². The van der Waals surface area contributed by atoms with Gasteiger partial charge in [-0.05, 0) is 35.4 Å². The Morgan fingerprint density at radius 1 is 1.00 bits per heavy atom. The average molecular weight is 316 g/mol. The predicted molar refractivity (Wildman–Crippen MR) is 67.3 cm³/mol. The number of aromatic nitrogens is 1. The molecule has 94 valence electrons. The summed E-state index contributed by atoms with van der Waals surface area (Å²) in [6.45, 7) is 0. The minimum atomic E-state index is -4.29. The van der Waals surface area contributed by atoms with E-state index in [0.29, 0.717) is 5.33 Å². The molecule has 0 aliphatic rings. The number of nitrogens with zero attached hydrogens (tertiary/aromatic N) is 1. The van der Waals surface area contributed by atoms with Gasteiger partial charge >= 0.3 is 6.18 Å². The summed E-state index contributed by atoms with van der Waals surface area (Å²) in [7, 11) is 0. The van der Waals surface area contributed by atoms with Gasteiger partial charge in [-0.25, -0.2) is 0 Å². The molecule has 18 heavy (non-hydrogen) atoms. The molecule has 1 heterocycles. The smallest absolute Gasteiger partial charge is 0.260 e. The number of benzene rings is 1. The Hall–Kier alpha value is -1.36. The maximum Gasteiger partial charge on any atom is 0.416 e. The second-order valence-electron chi connectivity index (χ2n) is 3.74. The molecule has 0 fully saturated rings. The van der Waals surface area contributed by atoms with Crippen molar-refractivity contribution in [3.63, 3.8) is 0 Å². The average Bonchev–Trinajstić information content (AvgIpc) is 2.38. The Balaban J connectivity index is 2.34. The monoisotopic (exact) mass is 315 g/mol. The van der Waals surface area contributed by atoms with Crippen LogP contribution in [0.4, 0.5) is 13.2 Å². The molecule has 0 amide bonds. The lowest BCUT2D eigenvalue weighted by Crippen LogP contribution is -2.04. The van der Waals surface area contributed by atoms with Crippen molar-refractivity contribution in [2.75, 3.05) is 0 Å². The van der Waals surface area contributed by atoms with E-state index in [1.165, 1.54) is 12.1 Å². The zero-order valence-electron chi connectivity index (χ0n) is 9.21. The number of hydrogen-bond donors (Lipinski definition) is 0. The van der Waals surface area contributed by atoms with Crippen LogP contribution >= 0.6 is 15.9 Å². The molecule has 0 saturated heterocycles. The fraction of sp³-hybridized carbons (Fsp3) is 0.154. The van der Waals surface area contributed by atoms with Crippen molar-refractivity contribution in [2.45, 2.75) is 11.5 Å². The molecular weight excluding hydrogens is 307 g/mol. The third kappa shape index (κ3) is 2.90. The van der Waals surface area contributed by atoms with Gasteiger partial charge < -0.3 is 0 Å². The van der Waals surface area contributed by atoms with Crippen LogP contribution in [0.15, 0.2) is 42.6 Å². The molecule has 0 radical (unpaired) electrons. The van der Waals surface area contributed by atoms with Crippen LogP contribution in [0.2, 0.25) is 0 Å². The van der Waals surface area contributed by atoms with Crippen LogP contribution in [0.1, 0.15) is 11.3 Å².